The summed E-state index contributed by atoms with van der Waals surface area (Å²) in [5.74, 6) is -1.67. The summed E-state index contributed by atoms with van der Waals surface area (Å²) >= 11 is 0. The molecule has 0 aromatic heterocycles. The number of nitrogens with zero attached hydrogens (tertiary/aromatic N) is 1. The summed E-state index contributed by atoms with van der Waals surface area (Å²) in [6.45, 7) is 0.540. The van der Waals surface area contributed by atoms with Gasteiger partial charge in [-0.05, 0) is 37.5 Å². The van der Waals surface area contributed by atoms with Crippen LogP contribution in [0.1, 0.15) is 32.1 Å². The molecule has 0 N–H and O–H groups in total. The van der Waals surface area contributed by atoms with Crippen molar-refractivity contribution in [3.05, 3.63) is 0 Å². The SMILES string of the molecule is O=C(N1CCCC2(CC1)CC2)C(F)(F)F. The van der Waals surface area contributed by atoms with Crippen molar-refractivity contribution < 1.29 is 18.0 Å². The van der Waals surface area contributed by atoms with Crippen LogP contribution < -0.4 is 0 Å². The number of hydrogen-bond donors (Lipinski definition) is 0. The fourth-order valence-electron chi connectivity index (χ4n) is 2.31. The Labute approximate surface area is 86.4 Å². The zero-order valence-electron chi connectivity index (χ0n) is 8.44. The van der Waals surface area contributed by atoms with Crippen LogP contribution in [0.2, 0.25) is 0 Å². The van der Waals surface area contributed by atoms with Crippen molar-refractivity contribution >= 4 is 5.91 Å². The molecule has 0 atom stereocenters. The molecule has 0 unspecified atom stereocenters. The van der Waals surface area contributed by atoms with Crippen LogP contribution >= 0.6 is 0 Å². The number of alkyl halides is 3. The van der Waals surface area contributed by atoms with Crippen molar-refractivity contribution in [1.82, 2.24) is 4.90 Å². The van der Waals surface area contributed by atoms with Crippen LogP contribution in [0.15, 0.2) is 0 Å². The Bertz CT molecular complexity index is 270. The monoisotopic (exact) mass is 221 g/mol. The van der Waals surface area contributed by atoms with Gasteiger partial charge in [0.05, 0.1) is 0 Å². The molecule has 0 aromatic rings. The van der Waals surface area contributed by atoms with Gasteiger partial charge in [-0.25, -0.2) is 0 Å². The van der Waals surface area contributed by atoms with Crippen LogP contribution in [0.4, 0.5) is 13.2 Å². The maximum absolute atomic E-state index is 12.2. The Balaban J connectivity index is 1.96. The van der Waals surface area contributed by atoms with Crippen molar-refractivity contribution in [3.8, 4) is 0 Å². The summed E-state index contributed by atoms with van der Waals surface area (Å²) < 4.78 is 36.6. The fraction of sp³-hybridized carbons (Fsp3) is 0.900. The van der Waals surface area contributed by atoms with Gasteiger partial charge in [-0.15, -0.1) is 0 Å². The third kappa shape index (κ3) is 2.26. The fourth-order valence-corrected chi connectivity index (χ4v) is 2.31. The first kappa shape index (κ1) is 10.8. The zero-order chi connectivity index (χ0) is 11.1. The lowest BCUT2D eigenvalue weighted by atomic mass is 9.98. The number of rotatable bonds is 0. The number of hydrogen-bond acceptors (Lipinski definition) is 1. The van der Waals surface area contributed by atoms with Gasteiger partial charge >= 0.3 is 12.1 Å². The molecule has 2 fully saturated rings. The highest BCUT2D eigenvalue weighted by Gasteiger charge is 2.47. The van der Waals surface area contributed by atoms with Crippen LogP contribution in [0, 0.1) is 5.41 Å². The summed E-state index contributed by atoms with van der Waals surface area (Å²) in [6, 6.07) is 0. The van der Waals surface area contributed by atoms with Crippen molar-refractivity contribution in [2.45, 2.75) is 38.3 Å². The largest absolute Gasteiger partial charge is 0.471 e. The molecule has 0 bridgehead atoms. The molecule has 15 heavy (non-hydrogen) atoms. The molecule has 0 radical (unpaired) electrons. The Morgan fingerprint density at radius 2 is 1.73 bits per heavy atom. The van der Waals surface area contributed by atoms with Crippen LogP contribution in [0.5, 0.6) is 0 Å². The third-order valence-corrected chi connectivity index (χ3v) is 3.53. The van der Waals surface area contributed by atoms with E-state index in [2.05, 4.69) is 0 Å². The van der Waals surface area contributed by atoms with Crippen molar-refractivity contribution in [2.75, 3.05) is 13.1 Å². The molecule has 0 aromatic carbocycles. The van der Waals surface area contributed by atoms with Gasteiger partial charge < -0.3 is 4.90 Å². The summed E-state index contributed by atoms with van der Waals surface area (Å²) in [6.07, 6.45) is -0.0194. The molecule has 1 spiro atoms. The van der Waals surface area contributed by atoms with E-state index in [1.807, 2.05) is 0 Å². The molecular weight excluding hydrogens is 207 g/mol. The van der Waals surface area contributed by atoms with Crippen LogP contribution in [0.25, 0.3) is 0 Å². The first-order valence-corrected chi connectivity index (χ1v) is 5.29. The predicted octanol–water partition coefficient (Wildman–Crippen LogP) is 2.34. The molecule has 86 valence electrons. The molecule has 1 aliphatic carbocycles. The first-order valence-electron chi connectivity index (χ1n) is 5.29. The molecule has 1 saturated heterocycles. The molecule has 1 aliphatic heterocycles. The lowest BCUT2D eigenvalue weighted by Gasteiger charge is -2.21. The molecule has 2 aliphatic rings. The van der Waals surface area contributed by atoms with Crippen molar-refractivity contribution in [3.63, 3.8) is 0 Å². The van der Waals surface area contributed by atoms with Gasteiger partial charge in [0.15, 0.2) is 0 Å². The number of carbonyl (C=O) groups excluding carboxylic acids is 1. The lowest BCUT2D eigenvalue weighted by molar-refractivity contribution is -0.185. The maximum atomic E-state index is 12.2. The van der Waals surface area contributed by atoms with Crippen LogP contribution in [-0.2, 0) is 4.79 Å². The summed E-state index contributed by atoms with van der Waals surface area (Å²) in [5.41, 5.74) is 0.292. The Morgan fingerprint density at radius 1 is 1.07 bits per heavy atom. The van der Waals surface area contributed by atoms with E-state index in [0.29, 0.717) is 11.8 Å². The molecule has 5 heteroatoms. The minimum Gasteiger partial charge on any atom is -0.335 e. The highest BCUT2D eigenvalue weighted by atomic mass is 19.4. The number of carbonyl (C=O) groups is 1. The van der Waals surface area contributed by atoms with E-state index in [9.17, 15) is 18.0 Å². The van der Waals surface area contributed by atoms with Gasteiger partial charge in [0.25, 0.3) is 0 Å². The molecule has 2 rings (SSSR count). The van der Waals surface area contributed by atoms with Gasteiger partial charge in [0, 0.05) is 13.1 Å². The average molecular weight is 221 g/mol. The third-order valence-electron chi connectivity index (χ3n) is 3.53. The van der Waals surface area contributed by atoms with Crippen molar-refractivity contribution in [1.29, 1.82) is 0 Å². The van der Waals surface area contributed by atoms with E-state index in [0.717, 1.165) is 30.6 Å². The number of likely N-dealkylation sites (tertiary alicyclic amines) is 1. The van der Waals surface area contributed by atoms with Crippen LogP contribution in [0.3, 0.4) is 0 Å². The van der Waals surface area contributed by atoms with E-state index >= 15 is 0 Å². The van der Waals surface area contributed by atoms with E-state index in [4.69, 9.17) is 0 Å². The number of halogens is 3. The Kier molecular flexibility index (Phi) is 2.43. The van der Waals surface area contributed by atoms with Gasteiger partial charge in [0.2, 0.25) is 0 Å². The Hall–Kier alpha value is -0.740. The van der Waals surface area contributed by atoms with Gasteiger partial charge in [-0.3, -0.25) is 4.79 Å². The second-order valence-electron chi connectivity index (χ2n) is 4.64. The van der Waals surface area contributed by atoms with Crippen LogP contribution in [-0.4, -0.2) is 30.1 Å². The standard InChI is InChI=1S/C10H14F3NO/c11-10(12,13)8(15)14-6-1-2-9(3-4-9)5-7-14/h1-7H2. The quantitative estimate of drug-likeness (QED) is 0.614. The van der Waals surface area contributed by atoms with E-state index in [1.165, 1.54) is 0 Å². The minimum absolute atomic E-state index is 0.264. The molecule has 1 saturated carbocycles. The van der Waals surface area contributed by atoms with Gasteiger partial charge in [-0.1, -0.05) is 0 Å². The molecular formula is C10H14F3NO. The Morgan fingerprint density at radius 3 is 2.27 bits per heavy atom. The summed E-state index contributed by atoms with van der Waals surface area (Å²) in [4.78, 5) is 12.0. The normalized spacial score (nSPS) is 25.1. The van der Waals surface area contributed by atoms with E-state index < -0.39 is 12.1 Å². The zero-order valence-corrected chi connectivity index (χ0v) is 8.44. The first-order chi connectivity index (χ1) is 6.93. The highest BCUT2D eigenvalue weighted by molar-refractivity contribution is 5.81. The lowest BCUT2D eigenvalue weighted by Crippen LogP contribution is -2.41. The van der Waals surface area contributed by atoms with E-state index in [1.54, 1.807) is 0 Å². The van der Waals surface area contributed by atoms with Gasteiger partial charge in [0.1, 0.15) is 0 Å². The molecule has 2 nitrogen and oxygen atoms in total. The smallest absolute Gasteiger partial charge is 0.335 e. The molecule has 1 amide bonds. The van der Waals surface area contributed by atoms with Crippen molar-refractivity contribution in [2.24, 2.45) is 5.41 Å². The summed E-state index contributed by atoms with van der Waals surface area (Å²) in [5, 5.41) is 0. The highest BCUT2D eigenvalue weighted by Crippen LogP contribution is 2.53. The summed E-state index contributed by atoms with van der Waals surface area (Å²) in [7, 11) is 0. The minimum atomic E-state index is -4.71. The molecule has 1 heterocycles. The second-order valence-corrected chi connectivity index (χ2v) is 4.64. The second kappa shape index (κ2) is 3.39. The predicted molar refractivity (Wildman–Crippen MR) is 48.2 cm³/mol. The van der Waals surface area contributed by atoms with Gasteiger partial charge in [-0.2, -0.15) is 13.2 Å². The average Bonchev–Trinajstić information content (AvgIpc) is 2.92. The maximum Gasteiger partial charge on any atom is 0.471 e. The topological polar surface area (TPSA) is 20.3 Å². The number of amides is 1. The van der Waals surface area contributed by atoms with E-state index in [-0.39, 0.29) is 13.1 Å².